The molecule has 90 valence electrons. The first-order valence-corrected chi connectivity index (χ1v) is 6.70. The number of nitrogens with zero attached hydrogens (tertiary/aromatic N) is 2. The lowest BCUT2D eigenvalue weighted by Gasteiger charge is -1.97. The molecule has 0 atom stereocenters. The number of hydrogen-bond donors (Lipinski definition) is 1. The fourth-order valence-corrected chi connectivity index (χ4v) is 2.74. The first-order valence-electron chi connectivity index (χ1n) is 4.56. The van der Waals surface area contributed by atoms with Crippen molar-refractivity contribution in [3.8, 4) is 0 Å². The van der Waals surface area contributed by atoms with E-state index in [1.54, 1.807) is 5.51 Å². The molecule has 0 aliphatic rings. The van der Waals surface area contributed by atoms with Crippen LogP contribution in [0.25, 0.3) is 0 Å². The van der Waals surface area contributed by atoms with Gasteiger partial charge in [0, 0.05) is 5.38 Å². The largest absolute Gasteiger partial charge is 0.465 e. The molecule has 0 saturated heterocycles. The molecular formula is C9H8ClN3O2S2. The molecule has 2 heterocycles. The average molecular weight is 290 g/mol. The molecular weight excluding hydrogens is 282 g/mol. The molecule has 0 saturated carbocycles. The van der Waals surface area contributed by atoms with Crippen LogP contribution in [0.5, 0.6) is 0 Å². The van der Waals surface area contributed by atoms with Crippen LogP contribution in [-0.2, 0) is 11.3 Å². The van der Waals surface area contributed by atoms with Gasteiger partial charge in [-0.05, 0) is 0 Å². The van der Waals surface area contributed by atoms with Gasteiger partial charge in [0.15, 0.2) is 15.2 Å². The summed E-state index contributed by atoms with van der Waals surface area (Å²) >= 11 is 8.51. The van der Waals surface area contributed by atoms with Gasteiger partial charge in [-0.2, -0.15) is 0 Å². The van der Waals surface area contributed by atoms with Gasteiger partial charge >= 0.3 is 5.97 Å². The van der Waals surface area contributed by atoms with Gasteiger partial charge in [-0.3, -0.25) is 0 Å². The smallest absolute Gasteiger partial charge is 0.351 e. The lowest BCUT2D eigenvalue weighted by atomic mass is 10.5. The van der Waals surface area contributed by atoms with E-state index >= 15 is 0 Å². The minimum atomic E-state index is -0.478. The quantitative estimate of drug-likeness (QED) is 0.877. The summed E-state index contributed by atoms with van der Waals surface area (Å²) in [6.07, 6.45) is 0. The molecule has 2 aromatic rings. The maximum Gasteiger partial charge on any atom is 0.351 e. The fourth-order valence-electron chi connectivity index (χ4n) is 1.09. The summed E-state index contributed by atoms with van der Waals surface area (Å²) < 4.78 is 4.59. The second kappa shape index (κ2) is 5.44. The molecule has 2 rings (SSSR count). The van der Waals surface area contributed by atoms with Crippen molar-refractivity contribution in [2.24, 2.45) is 0 Å². The van der Waals surface area contributed by atoms with Crippen LogP contribution >= 0.6 is 34.3 Å². The molecule has 0 aliphatic carbocycles. The van der Waals surface area contributed by atoms with E-state index in [9.17, 15) is 4.79 Å². The predicted molar refractivity (Wildman–Crippen MR) is 67.9 cm³/mol. The Hall–Kier alpha value is -1.18. The molecule has 0 bridgehead atoms. The van der Waals surface area contributed by atoms with E-state index in [0.29, 0.717) is 16.6 Å². The van der Waals surface area contributed by atoms with Gasteiger partial charge in [0.1, 0.15) is 0 Å². The molecule has 0 amide bonds. The molecule has 0 aromatic carbocycles. The molecule has 2 aromatic heterocycles. The topological polar surface area (TPSA) is 64.1 Å². The number of thiazole rings is 2. The third-order valence-electron chi connectivity index (χ3n) is 1.86. The SMILES string of the molecule is COC(=O)c1sc(NCc2cscn2)nc1Cl. The van der Waals surface area contributed by atoms with Gasteiger partial charge < -0.3 is 10.1 Å². The van der Waals surface area contributed by atoms with Crippen molar-refractivity contribution < 1.29 is 9.53 Å². The van der Waals surface area contributed by atoms with Gasteiger partial charge in [0.25, 0.3) is 0 Å². The zero-order chi connectivity index (χ0) is 12.3. The van der Waals surface area contributed by atoms with Crippen LogP contribution < -0.4 is 5.32 Å². The molecule has 8 heteroatoms. The summed E-state index contributed by atoms with van der Waals surface area (Å²) in [5.74, 6) is -0.478. The zero-order valence-electron chi connectivity index (χ0n) is 8.77. The molecule has 0 spiro atoms. The monoisotopic (exact) mass is 289 g/mol. The number of nitrogens with one attached hydrogen (secondary N) is 1. The van der Waals surface area contributed by atoms with Crippen molar-refractivity contribution in [3.05, 3.63) is 26.6 Å². The highest BCUT2D eigenvalue weighted by molar-refractivity contribution is 7.18. The average Bonchev–Trinajstić information content (AvgIpc) is 2.94. The number of ether oxygens (including phenoxy) is 1. The number of halogens is 1. The first kappa shape index (κ1) is 12.3. The molecule has 17 heavy (non-hydrogen) atoms. The van der Waals surface area contributed by atoms with Gasteiger partial charge in [-0.25, -0.2) is 14.8 Å². The zero-order valence-corrected chi connectivity index (χ0v) is 11.2. The summed E-state index contributed by atoms with van der Waals surface area (Å²) in [6.45, 7) is 0.550. The van der Waals surface area contributed by atoms with E-state index in [1.165, 1.54) is 18.4 Å². The number of hydrogen-bond acceptors (Lipinski definition) is 7. The van der Waals surface area contributed by atoms with Gasteiger partial charge in [0.2, 0.25) is 0 Å². The van der Waals surface area contributed by atoms with E-state index in [4.69, 9.17) is 11.6 Å². The standard InChI is InChI=1S/C9H8ClN3O2S2/c1-15-8(14)6-7(10)13-9(17-6)11-2-5-3-16-4-12-5/h3-4H,2H2,1H3,(H,11,13). The highest BCUT2D eigenvalue weighted by Crippen LogP contribution is 2.27. The fraction of sp³-hybridized carbons (Fsp3) is 0.222. The van der Waals surface area contributed by atoms with Crippen molar-refractivity contribution in [2.75, 3.05) is 12.4 Å². The highest BCUT2D eigenvalue weighted by Gasteiger charge is 2.17. The maximum absolute atomic E-state index is 11.3. The minimum absolute atomic E-state index is 0.155. The second-order valence-electron chi connectivity index (χ2n) is 2.96. The van der Waals surface area contributed by atoms with Crippen LogP contribution in [0.2, 0.25) is 5.15 Å². The summed E-state index contributed by atoms with van der Waals surface area (Å²) in [7, 11) is 1.31. The van der Waals surface area contributed by atoms with Gasteiger partial charge in [-0.15, -0.1) is 11.3 Å². The number of esters is 1. The normalized spacial score (nSPS) is 10.2. The number of anilines is 1. The van der Waals surface area contributed by atoms with Crippen LogP contribution in [0.1, 0.15) is 15.4 Å². The van der Waals surface area contributed by atoms with Crippen molar-refractivity contribution >= 4 is 45.4 Å². The lowest BCUT2D eigenvalue weighted by Crippen LogP contribution is -1.98. The Balaban J connectivity index is 2.05. The summed E-state index contributed by atoms with van der Waals surface area (Å²) in [6, 6.07) is 0. The van der Waals surface area contributed by atoms with Crippen LogP contribution in [0.3, 0.4) is 0 Å². The third-order valence-corrected chi connectivity index (χ3v) is 3.87. The number of carbonyl (C=O) groups is 1. The highest BCUT2D eigenvalue weighted by atomic mass is 35.5. The Kier molecular flexibility index (Phi) is 3.93. The number of rotatable bonds is 4. The van der Waals surface area contributed by atoms with Gasteiger partial charge in [-0.1, -0.05) is 22.9 Å². The Labute approximate surface area is 110 Å². The van der Waals surface area contributed by atoms with Crippen molar-refractivity contribution in [3.63, 3.8) is 0 Å². The molecule has 0 radical (unpaired) electrons. The predicted octanol–water partition coefficient (Wildman–Crippen LogP) is 2.65. The first-order chi connectivity index (χ1) is 8.20. The summed E-state index contributed by atoms with van der Waals surface area (Å²) in [5, 5.41) is 5.71. The summed E-state index contributed by atoms with van der Waals surface area (Å²) in [5.41, 5.74) is 2.67. The Morgan fingerprint density at radius 2 is 2.47 bits per heavy atom. The second-order valence-corrected chi connectivity index (χ2v) is 5.04. The minimum Gasteiger partial charge on any atom is -0.465 e. The van der Waals surface area contributed by atoms with Crippen molar-refractivity contribution in [1.82, 2.24) is 9.97 Å². The molecule has 1 N–H and O–H groups in total. The number of methoxy groups -OCH3 is 1. The van der Waals surface area contributed by atoms with Crippen molar-refractivity contribution in [1.29, 1.82) is 0 Å². The number of carbonyl (C=O) groups excluding carboxylic acids is 1. The lowest BCUT2D eigenvalue weighted by molar-refractivity contribution is 0.0606. The molecule has 0 fully saturated rings. The van der Waals surface area contributed by atoms with E-state index < -0.39 is 5.97 Å². The molecule has 5 nitrogen and oxygen atoms in total. The Morgan fingerprint density at radius 3 is 3.12 bits per heavy atom. The number of aromatic nitrogens is 2. The third kappa shape index (κ3) is 2.93. The van der Waals surface area contributed by atoms with Crippen LogP contribution in [0, 0.1) is 0 Å². The van der Waals surface area contributed by atoms with E-state index in [2.05, 4.69) is 20.0 Å². The van der Waals surface area contributed by atoms with E-state index in [0.717, 1.165) is 17.0 Å². The molecule has 0 aliphatic heterocycles. The van der Waals surface area contributed by atoms with Crippen LogP contribution in [0.15, 0.2) is 10.9 Å². The molecule has 0 unspecified atom stereocenters. The van der Waals surface area contributed by atoms with Crippen molar-refractivity contribution in [2.45, 2.75) is 6.54 Å². The Bertz CT molecular complexity index is 512. The van der Waals surface area contributed by atoms with E-state index in [1.807, 2.05) is 5.38 Å². The Morgan fingerprint density at radius 1 is 1.65 bits per heavy atom. The maximum atomic E-state index is 11.3. The van der Waals surface area contributed by atoms with E-state index in [-0.39, 0.29) is 5.15 Å². The summed E-state index contributed by atoms with van der Waals surface area (Å²) in [4.78, 5) is 19.8. The van der Waals surface area contributed by atoms with Crippen LogP contribution in [-0.4, -0.2) is 23.0 Å². The van der Waals surface area contributed by atoms with Crippen LogP contribution in [0.4, 0.5) is 5.13 Å². The van der Waals surface area contributed by atoms with Gasteiger partial charge in [0.05, 0.1) is 24.9 Å².